The van der Waals surface area contributed by atoms with E-state index in [2.05, 4.69) is 20.6 Å². The Kier molecular flexibility index (Phi) is 5.86. The summed E-state index contributed by atoms with van der Waals surface area (Å²) in [6.07, 6.45) is 1.67. The number of thioether (sulfide) groups is 1. The van der Waals surface area contributed by atoms with Gasteiger partial charge in [0, 0.05) is 24.7 Å². The summed E-state index contributed by atoms with van der Waals surface area (Å²) in [5.74, 6) is 1.22. The monoisotopic (exact) mass is 404 g/mol. The second-order valence-corrected chi connectivity index (χ2v) is 8.06. The third-order valence-corrected chi connectivity index (χ3v) is 5.48. The second kappa shape index (κ2) is 8.14. The van der Waals surface area contributed by atoms with Gasteiger partial charge >= 0.3 is 0 Å². The summed E-state index contributed by atoms with van der Waals surface area (Å²) in [7, 11) is 1.86. The van der Waals surface area contributed by atoms with E-state index in [1.165, 1.54) is 11.8 Å². The zero-order valence-electron chi connectivity index (χ0n) is 15.5. The molecule has 1 amide bonds. The van der Waals surface area contributed by atoms with Gasteiger partial charge < -0.3 is 9.88 Å². The first-order chi connectivity index (χ1) is 12.9. The number of nitrogens with zero attached hydrogens (tertiary/aromatic N) is 5. The van der Waals surface area contributed by atoms with Gasteiger partial charge in [0.25, 0.3) is 0 Å². The van der Waals surface area contributed by atoms with Crippen LogP contribution in [0.15, 0.2) is 41.7 Å². The summed E-state index contributed by atoms with van der Waals surface area (Å²) in [5.41, 5.74) is 0.805. The molecule has 7 nitrogen and oxygen atoms in total. The molecule has 142 valence electrons. The minimum Gasteiger partial charge on any atom is -0.310 e. The number of hydrogen-bond donors (Lipinski definition) is 1. The summed E-state index contributed by atoms with van der Waals surface area (Å²) >= 11 is 7.60. The molecule has 0 aliphatic rings. The van der Waals surface area contributed by atoms with Crippen LogP contribution in [0.4, 0.5) is 5.82 Å². The molecule has 0 aliphatic carbocycles. The molecule has 0 fully saturated rings. The van der Waals surface area contributed by atoms with Gasteiger partial charge in [0.15, 0.2) is 11.0 Å². The molecule has 1 N–H and O–H groups in total. The molecule has 0 spiro atoms. The van der Waals surface area contributed by atoms with Crippen molar-refractivity contribution in [2.45, 2.75) is 37.2 Å². The average molecular weight is 405 g/mol. The number of benzene rings is 1. The van der Waals surface area contributed by atoms with Crippen LogP contribution in [0.5, 0.6) is 0 Å². The van der Waals surface area contributed by atoms with Gasteiger partial charge in [0.1, 0.15) is 5.82 Å². The normalized spacial score (nSPS) is 12.4. The van der Waals surface area contributed by atoms with E-state index in [1.54, 1.807) is 16.9 Å². The Labute approximate surface area is 167 Å². The first-order valence-electron chi connectivity index (χ1n) is 8.53. The predicted octanol–water partition coefficient (Wildman–Crippen LogP) is 4.03. The van der Waals surface area contributed by atoms with Crippen molar-refractivity contribution < 1.29 is 4.79 Å². The zero-order valence-corrected chi connectivity index (χ0v) is 17.1. The Bertz CT molecular complexity index is 951. The number of aromatic nitrogens is 5. The molecule has 1 atom stereocenters. The van der Waals surface area contributed by atoms with Crippen LogP contribution in [-0.2, 0) is 11.8 Å². The van der Waals surface area contributed by atoms with Crippen LogP contribution in [0.25, 0.3) is 11.4 Å². The van der Waals surface area contributed by atoms with Gasteiger partial charge in [-0.2, -0.15) is 5.10 Å². The van der Waals surface area contributed by atoms with Crippen LogP contribution in [0.1, 0.15) is 26.8 Å². The minimum atomic E-state index is -0.359. The van der Waals surface area contributed by atoms with Gasteiger partial charge in [-0.05, 0) is 32.9 Å². The molecule has 0 radical (unpaired) electrons. The van der Waals surface area contributed by atoms with Crippen LogP contribution >= 0.6 is 23.4 Å². The first kappa shape index (κ1) is 19.4. The molecule has 0 saturated carbocycles. The molecule has 0 aliphatic heterocycles. The van der Waals surface area contributed by atoms with E-state index in [-0.39, 0.29) is 17.2 Å². The summed E-state index contributed by atoms with van der Waals surface area (Å²) in [5, 5.41) is 16.5. The molecule has 3 aromatic rings. The van der Waals surface area contributed by atoms with Gasteiger partial charge in [0.05, 0.1) is 16.5 Å². The van der Waals surface area contributed by atoms with Gasteiger partial charge in [-0.15, -0.1) is 10.2 Å². The maximum Gasteiger partial charge on any atom is 0.238 e. The molecule has 2 aromatic heterocycles. The fourth-order valence-corrected chi connectivity index (χ4v) is 3.59. The van der Waals surface area contributed by atoms with Crippen molar-refractivity contribution in [1.29, 1.82) is 0 Å². The van der Waals surface area contributed by atoms with Gasteiger partial charge in [-0.1, -0.05) is 35.5 Å². The lowest BCUT2D eigenvalue weighted by Crippen LogP contribution is -2.25. The quantitative estimate of drug-likeness (QED) is 0.627. The van der Waals surface area contributed by atoms with E-state index in [1.807, 2.05) is 56.7 Å². The third-order valence-electron chi connectivity index (χ3n) is 4.01. The smallest absolute Gasteiger partial charge is 0.238 e. The van der Waals surface area contributed by atoms with E-state index in [0.29, 0.717) is 21.8 Å². The highest BCUT2D eigenvalue weighted by atomic mass is 35.5. The number of rotatable bonds is 6. The van der Waals surface area contributed by atoms with Crippen molar-refractivity contribution in [3.05, 3.63) is 41.6 Å². The third kappa shape index (κ3) is 4.17. The lowest BCUT2D eigenvalue weighted by molar-refractivity contribution is -0.115. The number of hydrogen-bond acceptors (Lipinski definition) is 5. The number of carbonyl (C=O) groups is 1. The SMILES string of the molecule is CC(Sc1nnc(-c2ccccc2Cl)n1C)C(=O)Nc1ccnn1C(C)C. The van der Waals surface area contributed by atoms with Crippen molar-refractivity contribution in [3.8, 4) is 11.4 Å². The van der Waals surface area contributed by atoms with Crippen LogP contribution < -0.4 is 5.32 Å². The molecule has 9 heteroatoms. The lowest BCUT2D eigenvalue weighted by Gasteiger charge is -2.14. The van der Waals surface area contributed by atoms with Crippen LogP contribution in [0.3, 0.4) is 0 Å². The molecule has 27 heavy (non-hydrogen) atoms. The largest absolute Gasteiger partial charge is 0.310 e. The Balaban J connectivity index is 1.73. The molecule has 3 rings (SSSR count). The molecular formula is C18H21ClN6OS. The maximum absolute atomic E-state index is 12.6. The topological polar surface area (TPSA) is 77.6 Å². The Hall–Kier alpha value is -2.32. The Morgan fingerprint density at radius 1 is 1.19 bits per heavy atom. The fourth-order valence-electron chi connectivity index (χ4n) is 2.56. The Morgan fingerprint density at radius 3 is 2.63 bits per heavy atom. The van der Waals surface area contributed by atoms with Gasteiger partial charge in [0.2, 0.25) is 5.91 Å². The number of amides is 1. The van der Waals surface area contributed by atoms with E-state index in [0.717, 1.165) is 5.56 Å². The molecular weight excluding hydrogens is 384 g/mol. The van der Waals surface area contributed by atoms with E-state index in [9.17, 15) is 4.79 Å². The molecule has 1 aromatic carbocycles. The van der Waals surface area contributed by atoms with E-state index < -0.39 is 0 Å². The van der Waals surface area contributed by atoms with Crippen molar-refractivity contribution >= 4 is 35.1 Å². The van der Waals surface area contributed by atoms with Crippen molar-refractivity contribution in [2.24, 2.45) is 7.05 Å². The van der Waals surface area contributed by atoms with Crippen molar-refractivity contribution in [1.82, 2.24) is 24.5 Å². The number of anilines is 1. The minimum absolute atomic E-state index is 0.121. The first-order valence-corrected chi connectivity index (χ1v) is 9.79. The van der Waals surface area contributed by atoms with E-state index >= 15 is 0 Å². The predicted molar refractivity (Wildman–Crippen MR) is 108 cm³/mol. The highest BCUT2D eigenvalue weighted by Crippen LogP contribution is 2.30. The number of carbonyl (C=O) groups excluding carboxylic acids is 1. The summed E-state index contributed by atoms with van der Waals surface area (Å²) < 4.78 is 3.61. The number of nitrogens with one attached hydrogen (secondary N) is 1. The second-order valence-electron chi connectivity index (χ2n) is 6.35. The summed E-state index contributed by atoms with van der Waals surface area (Å²) in [6.45, 7) is 5.85. The Morgan fingerprint density at radius 2 is 1.93 bits per heavy atom. The molecule has 0 saturated heterocycles. The fraction of sp³-hybridized carbons (Fsp3) is 0.333. The van der Waals surface area contributed by atoms with Crippen LogP contribution in [0, 0.1) is 0 Å². The highest BCUT2D eigenvalue weighted by Gasteiger charge is 2.21. The van der Waals surface area contributed by atoms with E-state index in [4.69, 9.17) is 11.6 Å². The molecule has 2 heterocycles. The maximum atomic E-state index is 12.6. The summed E-state index contributed by atoms with van der Waals surface area (Å²) in [4.78, 5) is 12.6. The lowest BCUT2D eigenvalue weighted by atomic mass is 10.2. The highest BCUT2D eigenvalue weighted by molar-refractivity contribution is 8.00. The summed E-state index contributed by atoms with van der Waals surface area (Å²) in [6, 6.07) is 9.42. The number of halogens is 1. The van der Waals surface area contributed by atoms with Gasteiger partial charge in [-0.3, -0.25) is 4.79 Å². The van der Waals surface area contributed by atoms with Crippen molar-refractivity contribution in [3.63, 3.8) is 0 Å². The molecule has 1 unspecified atom stereocenters. The van der Waals surface area contributed by atoms with Crippen LogP contribution in [0.2, 0.25) is 5.02 Å². The van der Waals surface area contributed by atoms with Gasteiger partial charge in [-0.25, -0.2) is 4.68 Å². The van der Waals surface area contributed by atoms with Crippen molar-refractivity contribution in [2.75, 3.05) is 5.32 Å². The zero-order chi connectivity index (χ0) is 19.6. The molecule has 0 bridgehead atoms. The average Bonchev–Trinajstić information content (AvgIpc) is 3.23. The standard InChI is InChI=1S/C18H21ClN6OS/c1-11(2)25-15(9-10-20-25)21-17(26)12(3)27-18-23-22-16(24(18)4)13-7-5-6-8-14(13)19/h5-12H,1-4H3,(H,21,26). The van der Waals surface area contributed by atoms with Crippen LogP contribution in [-0.4, -0.2) is 35.7 Å².